The molecule has 1 atom stereocenters. The van der Waals surface area contributed by atoms with Gasteiger partial charge in [0.05, 0.1) is 17.4 Å². The van der Waals surface area contributed by atoms with Crippen LogP contribution in [0, 0.1) is 0 Å². The SMILES string of the molecule is CN(C)c1ccc(Cl)cc1NC(=O)[C@H]1CCCCN1. The van der Waals surface area contributed by atoms with E-state index in [0.717, 1.165) is 37.2 Å². The zero-order valence-corrected chi connectivity index (χ0v) is 12.1. The molecule has 2 rings (SSSR count). The van der Waals surface area contributed by atoms with E-state index in [1.165, 1.54) is 0 Å². The van der Waals surface area contributed by atoms with Crippen LogP contribution < -0.4 is 15.5 Å². The van der Waals surface area contributed by atoms with Crippen molar-refractivity contribution in [3.05, 3.63) is 23.2 Å². The average Bonchev–Trinajstić information content (AvgIpc) is 2.39. The van der Waals surface area contributed by atoms with Gasteiger partial charge >= 0.3 is 0 Å². The number of rotatable bonds is 3. The van der Waals surface area contributed by atoms with Crippen molar-refractivity contribution in [2.24, 2.45) is 0 Å². The normalized spacial score (nSPS) is 19.0. The first kappa shape index (κ1) is 14.2. The number of hydrogen-bond acceptors (Lipinski definition) is 3. The van der Waals surface area contributed by atoms with Gasteiger partial charge in [-0.05, 0) is 37.6 Å². The Kier molecular flexibility index (Phi) is 4.66. The molecule has 1 aromatic rings. The molecule has 4 nitrogen and oxygen atoms in total. The molecule has 0 unspecified atom stereocenters. The Balaban J connectivity index is 2.13. The van der Waals surface area contributed by atoms with Crippen LogP contribution in [-0.4, -0.2) is 32.6 Å². The van der Waals surface area contributed by atoms with Crippen molar-refractivity contribution in [1.82, 2.24) is 5.32 Å². The number of halogens is 1. The molecule has 1 aliphatic heterocycles. The first-order valence-corrected chi connectivity index (χ1v) is 6.97. The third-order valence-electron chi connectivity index (χ3n) is 3.33. The second-order valence-corrected chi connectivity index (χ2v) is 5.48. The maximum atomic E-state index is 12.2. The van der Waals surface area contributed by atoms with Gasteiger partial charge in [0, 0.05) is 19.1 Å². The molecule has 1 aliphatic rings. The van der Waals surface area contributed by atoms with E-state index in [0.29, 0.717) is 5.02 Å². The Morgan fingerprint density at radius 1 is 1.42 bits per heavy atom. The first-order valence-electron chi connectivity index (χ1n) is 6.59. The summed E-state index contributed by atoms with van der Waals surface area (Å²) in [7, 11) is 3.88. The number of carbonyl (C=O) groups is 1. The molecule has 1 fully saturated rings. The number of benzene rings is 1. The van der Waals surface area contributed by atoms with Crippen molar-refractivity contribution in [3.8, 4) is 0 Å². The van der Waals surface area contributed by atoms with Gasteiger partial charge < -0.3 is 15.5 Å². The van der Waals surface area contributed by atoms with E-state index in [9.17, 15) is 4.79 Å². The Morgan fingerprint density at radius 2 is 2.21 bits per heavy atom. The number of anilines is 2. The molecule has 0 radical (unpaired) electrons. The average molecular weight is 282 g/mol. The molecule has 0 spiro atoms. The van der Waals surface area contributed by atoms with Crippen molar-refractivity contribution in [3.63, 3.8) is 0 Å². The quantitative estimate of drug-likeness (QED) is 0.895. The molecular weight excluding hydrogens is 262 g/mol. The van der Waals surface area contributed by atoms with E-state index in [4.69, 9.17) is 11.6 Å². The van der Waals surface area contributed by atoms with Gasteiger partial charge in [0.25, 0.3) is 0 Å². The number of carbonyl (C=O) groups excluding carboxylic acids is 1. The highest BCUT2D eigenvalue weighted by atomic mass is 35.5. The summed E-state index contributed by atoms with van der Waals surface area (Å²) in [5, 5.41) is 6.84. The number of nitrogens with one attached hydrogen (secondary N) is 2. The van der Waals surface area contributed by atoms with Gasteiger partial charge in [-0.2, -0.15) is 0 Å². The Labute approximate surface area is 119 Å². The lowest BCUT2D eigenvalue weighted by atomic mass is 10.0. The van der Waals surface area contributed by atoms with Crippen molar-refractivity contribution < 1.29 is 4.79 Å². The van der Waals surface area contributed by atoms with Crippen LogP contribution in [-0.2, 0) is 4.79 Å². The number of hydrogen-bond donors (Lipinski definition) is 2. The van der Waals surface area contributed by atoms with E-state index in [2.05, 4.69) is 10.6 Å². The van der Waals surface area contributed by atoms with Crippen LogP contribution in [0.1, 0.15) is 19.3 Å². The summed E-state index contributed by atoms with van der Waals surface area (Å²) in [5.41, 5.74) is 1.71. The second kappa shape index (κ2) is 6.26. The standard InChI is InChI=1S/C14H20ClN3O/c1-18(2)13-7-6-10(15)9-12(13)17-14(19)11-5-3-4-8-16-11/h6-7,9,11,16H,3-5,8H2,1-2H3,(H,17,19)/t11-/m1/s1. The van der Waals surface area contributed by atoms with E-state index < -0.39 is 0 Å². The molecule has 2 N–H and O–H groups in total. The molecule has 0 aliphatic carbocycles. The van der Waals surface area contributed by atoms with Gasteiger partial charge in [0.2, 0.25) is 5.91 Å². The summed E-state index contributed by atoms with van der Waals surface area (Å²) in [6.07, 6.45) is 3.13. The molecule has 1 heterocycles. The maximum absolute atomic E-state index is 12.2. The lowest BCUT2D eigenvalue weighted by Gasteiger charge is -2.24. The predicted molar refractivity (Wildman–Crippen MR) is 80.1 cm³/mol. The molecule has 104 valence electrons. The molecule has 1 amide bonds. The molecule has 1 saturated heterocycles. The van der Waals surface area contributed by atoms with Crippen LogP contribution in [0.4, 0.5) is 11.4 Å². The fourth-order valence-electron chi connectivity index (χ4n) is 2.29. The summed E-state index contributed by atoms with van der Waals surface area (Å²) in [4.78, 5) is 14.2. The van der Waals surface area contributed by atoms with Gasteiger partial charge in [-0.1, -0.05) is 18.0 Å². The number of amides is 1. The largest absolute Gasteiger partial charge is 0.376 e. The fourth-order valence-corrected chi connectivity index (χ4v) is 2.47. The predicted octanol–water partition coefficient (Wildman–Crippen LogP) is 2.49. The summed E-state index contributed by atoms with van der Waals surface area (Å²) in [6, 6.07) is 5.43. The smallest absolute Gasteiger partial charge is 0.241 e. The molecule has 0 saturated carbocycles. The minimum Gasteiger partial charge on any atom is -0.376 e. The van der Waals surface area contributed by atoms with Crippen molar-refractivity contribution in [1.29, 1.82) is 0 Å². The number of nitrogens with zero attached hydrogens (tertiary/aromatic N) is 1. The lowest BCUT2D eigenvalue weighted by Crippen LogP contribution is -2.43. The topological polar surface area (TPSA) is 44.4 Å². The van der Waals surface area contributed by atoms with E-state index >= 15 is 0 Å². The van der Waals surface area contributed by atoms with Crippen LogP contribution in [0.25, 0.3) is 0 Å². The zero-order valence-electron chi connectivity index (χ0n) is 11.4. The number of piperidine rings is 1. The monoisotopic (exact) mass is 281 g/mol. The fraction of sp³-hybridized carbons (Fsp3) is 0.500. The lowest BCUT2D eigenvalue weighted by molar-refractivity contribution is -0.118. The third-order valence-corrected chi connectivity index (χ3v) is 3.56. The van der Waals surface area contributed by atoms with Crippen LogP contribution >= 0.6 is 11.6 Å². The van der Waals surface area contributed by atoms with Gasteiger partial charge in [0.1, 0.15) is 0 Å². The van der Waals surface area contributed by atoms with Crippen molar-refractivity contribution in [2.45, 2.75) is 25.3 Å². The van der Waals surface area contributed by atoms with Gasteiger partial charge in [-0.25, -0.2) is 0 Å². The van der Waals surface area contributed by atoms with Gasteiger partial charge in [-0.3, -0.25) is 4.79 Å². The first-order chi connectivity index (χ1) is 9.08. The highest BCUT2D eigenvalue weighted by Crippen LogP contribution is 2.28. The van der Waals surface area contributed by atoms with Crippen molar-refractivity contribution >= 4 is 28.9 Å². The van der Waals surface area contributed by atoms with Crippen LogP contribution in [0.5, 0.6) is 0 Å². The van der Waals surface area contributed by atoms with Crippen LogP contribution in [0.3, 0.4) is 0 Å². The summed E-state index contributed by atoms with van der Waals surface area (Å²) in [5.74, 6) is 0.0186. The summed E-state index contributed by atoms with van der Waals surface area (Å²) >= 11 is 6.01. The van der Waals surface area contributed by atoms with Crippen molar-refractivity contribution in [2.75, 3.05) is 30.9 Å². The van der Waals surface area contributed by atoms with Crippen LogP contribution in [0.2, 0.25) is 5.02 Å². The van der Waals surface area contributed by atoms with E-state index in [-0.39, 0.29) is 11.9 Å². The highest BCUT2D eigenvalue weighted by Gasteiger charge is 2.21. The second-order valence-electron chi connectivity index (χ2n) is 5.05. The molecule has 0 bridgehead atoms. The van der Waals surface area contributed by atoms with E-state index in [1.54, 1.807) is 6.07 Å². The maximum Gasteiger partial charge on any atom is 0.241 e. The summed E-state index contributed by atoms with van der Waals surface area (Å²) < 4.78 is 0. The molecule has 19 heavy (non-hydrogen) atoms. The molecule has 5 heteroatoms. The molecule has 0 aromatic heterocycles. The molecule has 1 aromatic carbocycles. The minimum absolute atomic E-state index is 0.0186. The summed E-state index contributed by atoms with van der Waals surface area (Å²) in [6.45, 7) is 0.911. The van der Waals surface area contributed by atoms with Gasteiger partial charge in [0.15, 0.2) is 0 Å². The molecular formula is C14H20ClN3O. The Bertz CT molecular complexity index is 456. The zero-order chi connectivity index (χ0) is 13.8. The Hall–Kier alpha value is -1.26. The third kappa shape index (κ3) is 3.61. The van der Waals surface area contributed by atoms with E-state index in [1.807, 2.05) is 31.1 Å². The Morgan fingerprint density at radius 3 is 2.84 bits per heavy atom. The highest BCUT2D eigenvalue weighted by molar-refractivity contribution is 6.31. The minimum atomic E-state index is -0.0947. The van der Waals surface area contributed by atoms with Crippen LogP contribution in [0.15, 0.2) is 18.2 Å². The van der Waals surface area contributed by atoms with Gasteiger partial charge in [-0.15, -0.1) is 0 Å².